The van der Waals surface area contributed by atoms with Gasteiger partial charge < -0.3 is 9.47 Å². The third kappa shape index (κ3) is 5.73. The Morgan fingerprint density at radius 3 is 2.91 bits per heavy atom. The number of amides is 2. The Balaban J connectivity index is 1.60. The number of hydrogen-bond acceptors (Lipinski definition) is 4. The van der Waals surface area contributed by atoms with Crippen molar-refractivity contribution in [3.05, 3.63) is 28.8 Å². The van der Waals surface area contributed by atoms with Crippen molar-refractivity contribution in [3.8, 4) is 5.75 Å². The molecular formula is C16H21ClN2O4. The third-order valence-electron chi connectivity index (χ3n) is 3.49. The van der Waals surface area contributed by atoms with Gasteiger partial charge >= 0.3 is 0 Å². The minimum absolute atomic E-state index is 0.257. The van der Waals surface area contributed by atoms with Gasteiger partial charge in [-0.05, 0) is 49.9 Å². The van der Waals surface area contributed by atoms with Crippen LogP contribution in [0.5, 0.6) is 5.75 Å². The highest BCUT2D eigenvalue weighted by Gasteiger charge is 2.23. The van der Waals surface area contributed by atoms with Gasteiger partial charge in [-0.25, -0.2) is 0 Å². The van der Waals surface area contributed by atoms with E-state index in [0.717, 1.165) is 17.7 Å². The van der Waals surface area contributed by atoms with E-state index in [0.29, 0.717) is 31.1 Å². The van der Waals surface area contributed by atoms with E-state index in [4.69, 9.17) is 21.1 Å². The number of hydrogen-bond donors (Lipinski definition) is 2. The minimum Gasteiger partial charge on any atom is -0.493 e. The van der Waals surface area contributed by atoms with Gasteiger partial charge in [0.25, 0.3) is 5.91 Å². The number of rotatable bonds is 6. The van der Waals surface area contributed by atoms with Crippen LogP contribution in [-0.4, -0.2) is 31.1 Å². The molecule has 0 aliphatic carbocycles. The second-order valence-corrected chi connectivity index (χ2v) is 5.84. The summed E-state index contributed by atoms with van der Waals surface area (Å²) in [6, 6.07) is 5.39. The predicted octanol–water partition coefficient (Wildman–Crippen LogP) is 2.13. The van der Waals surface area contributed by atoms with Gasteiger partial charge in [-0.2, -0.15) is 0 Å². The predicted molar refractivity (Wildman–Crippen MR) is 86.2 cm³/mol. The lowest BCUT2D eigenvalue weighted by Crippen LogP contribution is -2.46. The van der Waals surface area contributed by atoms with Crippen LogP contribution in [0.25, 0.3) is 0 Å². The molecule has 1 unspecified atom stereocenters. The first-order valence-corrected chi connectivity index (χ1v) is 8.03. The number of aryl methyl sites for hydroxylation is 1. The molecular weight excluding hydrogens is 320 g/mol. The van der Waals surface area contributed by atoms with Crippen LogP contribution in [0, 0.1) is 6.92 Å². The quantitative estimate of drug-likeness (QED) is 0.614. The van der Waals surface area contributed by atoms with Crippen molar-refractivity contribution in [1.82, 2.24) is 10.9 Å². The van der Waals surface area contributed by atoms with Crippen molar-refractivity contribution in [1.29, 1.82) is 0 Å². The fourth-order valence-corrected chi connectivity index (χ4v) is 2.48. The van der Waals surface area contributed by atoms with Crippen LogP contribution >= 0.6 is 11.6 Å². The van der Waals surface area contributed by atoms with Crippen LogP contribution in [0.4, 0.5) is 0 Å². The lowest BCUT2D eigenvalue weighted by molar-refractivity contribution is -0.134. The van der Waals surface area contributed by atoms with Crippen LogP contribution < -0.4 is 15.6 Å². The van der Waals surface area contributed by atoms with E-state index in [2.05, 4.69) is 10.9 Å². The zero-order chi connectivity index (χ0) is 16.7. The van der Waals surface area contributed by atoms with Crippen molar-refractivity contribution < 1.29 is 19.1 Å². The highest BCUT2D eigenvalue weighted by molar-refractivity contribution is 6.30. The molecule has 1 aliphatic heterocycles. The fraction of sp³-hybridized carbons (Fsp3) is 0.500. The topological polar surface area (TPSA) is 76.7 Å². The van der Waals surface area contributed by atoms with Crippen molar-refractivity contribution in [2.75, 3.05) is 13.2 Å². The molecule has 0 spiro atoms. The number of carbonyl (C=O) groups is 2. The molecule has 7 heteroatoms. The number of carbonyl (C=O) groups excluding carboxylic acids is 2. The Kier molecular flexibility index (Phi) is 6.67. The number of ether oxygens (including phenoxy) is 2. The second kappa shape index (κ2) is 8.74. The van der Waals surface area contributed by atoms with E-state index in [-0.39, 0.29) is 18.2 Å². The highest BCUT2D eigenvalue weighted by Crippen LogP contribution is 2.21. The van der Waals surface area contributed by atoms with E-state index in [9.17, 15) is 9.59 Å². The second-order valence-electron chi connectivity index (χ2n) is 5.40. The van der Waals surface area contributed by atoms with Gasteiger partial charge in [0.1, 0.15) is 11.9 Å². The normalized spacial score (nSPS) is 16.9. The number of hydrazine groups is 1. The average molecular weight is 341 g/mol. The molecule has 0 aromatic heterocycles. The number of benzene rings is 1. The first-order chi connectivity index (χ1) is 11.1. The molecule has 1 aliphatic rings. The van der Waals surface area contributed by atoms with Crippen LogP contribution in [0.3, 0.4) is 0 Å². The lowest BCUT2D eigenvalue weighted by Gasteiger charge is -2.12. The summed E-state index contributed by atoms with van der Waals surface area (Å²) in [5.74, 6) is 0.193. The Hall–Kier alpha value is -1.79. The van der Waals surface area contributed by atoms with Gasteiger partial charge in [0.15, 0.2) is 0 Å². The number of nitrogens with one attached hydrogen (secondary N) is 2. The van der Waals surface area contributed by atoms with Gasteiger partial charge in [-0.1, -0.05) is 11.6 Å². The molecule has 2 N–H and O–H groups in total. The maximum Gasteiger partial charge on any atom is 0.267 e. The molecule has 1 atom stereocenters. The maximum atomic E-state index is 11.6. The zero-order valence-corrected chi connectivity index (χ0v) is 13.8. The molecule has 23 heavy (non-hydrogen) atoms. The van der Waals surface area contributed by atoms with Gasteiger partial charge in [0.05, 0.1) is 6.61 Å². The third-order valence-corrected chi connectivity index (χ3v) is 3.73. The molecule has 1 aromatic carbocycles. The standard InChI is InChI=1S/C16H21ClN2O4/c1-11-10-12(17)6-7-13(11)22-9-3-5-15(20)18-19-16(21)14-4-2-8-23-14/h6-7,10,14H,2-5,8-9H2,1H3,(H,18,20)(H,19,21). The average Bonchev–Trinajstić information content (AvgIpc) is 3.05. The number of halogens is 1. The summed E-state index contributed by atoms with van der Waals surface area (Å²) in [7, 11) is 0. The Morgan fingerprint density at radius 2 is 2.22 bits per heavy atom. The summed E-state index contributed by atoms with van der Waals surface area (Å²) < 4.78 is 10.8. The van der Waals surface area contributed by atoms with Crippen molar-refractivity contribution in [2.45, 2.75) is 38.7 Å². The monoisotopic (exact) mass is 340 g/mol. The Morgan fingerprint density at radius 1 is 1.39 bits per heavy atom. The van der Waals surface area contributed by atoms with Gasteiger partial charge in [-0.15, -0.1) is 0 Å². The van der Waals surface area contributed by atoms with Crippen LogP contribution in [-0.2, 0) is 14.3 Å². The zero-order valence-electron chi connectivity index (χ0n) is 13.1. The molecule has 0 radical (unpaired) electrons. The van der Waals surface area contributed by atoms with E-state index in [1.54, 1.807) is 12.1 Å². The summed E-state index contributed by atoms with van der Waals surface area (Å²) in [5.41, 5.74) is 5.71. The summed E-state index contributed by atoms with van der Waals surface area (Å²) in [6.07, 6.45) is 1.91. The molecule has 2 amide bonds. The molecule has 2 rings (SSSR count). The SMILES string of the molecule is Cc1cc(Cl)ccc1OCCCC(=O)NNC(=O)C1CCCO1. The Labute approximate surface area is 140 Å². The van der Waals surface area contributed by atoms with E-state index < -0.39 is 6.10 Å². The van der Waals surface area contributed by atoms with Crippen LogP contribution in [0.15, 0.2) is 18.2 Å². The van der Waals surface area contributed by atoms with Crippen molar-refractivity contribution in [2.24, 2.45) is 0 Å². The fourth-order valence-electron chi connectivity index (χ4n) is 2.25. The summed E-state index contributed by atoms with van der Waals surface area (Å²) in [4.78, 5) is 23.3. The first kappa shape index (κ1) is 17.6. The maximum absolute atomic E-state index is 11.6. The minimum atomic E-state index is -0.452. The highest BCUT2D eigenvalue weighted by atomic mass is 35.5. The van der Waals surface area contributed by atoms with Crippen molar-refractivity contribution in [3.63, 3.8) is 0 Å². The van der Waals surface area contributed by atoms with Gasteiger partial charge in [0, 0.05) is 18.1 Å². The molecule has 1 fully saturated rings. The molecule has 6 nitrogen and oxygen atoms in total. The Bertz CT molecular complexity index is 559. The molecule has 0 bridgehead atoms. The largest absolute Gasteiger partial charge is 0.493 e. The van der Waals surface area contributed by atoms with Gasteiger partial charge in [0.2, 0.25) is 5.91 Å². The van der Waals surface area contributed by atoms with E-state index >= 15 is 0 Å². The molecule has 1 heterocycles. The van der Waals surface area contributed by atoms with Crippen LogP contribution in [0.2, 0.25) is 5.02 Å². The van der Waals surface area contributed by atoms with Crippen molar-refractivity contribution >= 4 is 23.4 Å². The summed E-state index contributed by atoms with van der Waals surface area (Å²) in [6.45, 7) is 2.91. The lowest BCUT2D eigenvalue weighted by atomic mass is 10.2. The molecule has 1 saturated heterocycles. The summed E-state index contributed by atoms with van der Waals surface area (Å²) in [5, 5.41) is 0.663. The van der Waals surface area contributed by atoms with E-state index in [1.807, 2.05) is 13.0 Å². The molecule has 1 aromatic rings. The first-order valence-electron chi connectivity index (χ1n) is 7.65. The van der Waals surface area contributed by atoms with E-state index in [1.165, 1.54) is 0 Å². The van der Waals surface area contributed by atoms with Gasteiger partial charge in [-0.3, -0.25) is 20.4 Å². The molecule has 0 saturated carbocycles. The smallest absolute Gasteiger partial charge is 0.267 e. The molecule has 126 valence electrons. The van der Waals surface area contributed by atoms with Crippen LogP contribution in [0.1, 0.15) is 31.2 Å². The summed E-state index contributed by atoms with van der Waals surface area (Å²) >= 11 is 5.88.